The van der Waals surface area contributed by atoms with Gasteiger partial charge in [0, 0.05) is 60.4 Å². The van der Waals surface area contributed by atoms with E-state index in [1.807, 2.05) is 12.1 Å². The number of benzene rings is 2. The van der Waals surface area contributed by atoms with Crippen molar-refractivity contribution < 1.29 is 5.11 Å². The number of anilines is 1. The van der Waals surface area contributed by atoms with Crippen molar-refractivity contribution in [3.05, 3.63) is 60.2 Å². The highest BCUT2D eigenvalue weighted by atomic mass is 16.3. The maximum atomic E-state index is 10.8. The zero-order valence-electron chi connectivity index (χ0n) is 21.4. The standard InChI is InChI=1S/C29H37N5O/c1-6-25(31-22-8-10-23(11-9-22)34-17-29(18-34)15-33(5)16-29)27-24-13-21(20(4)30-14-19(2)3)7-12-26(24)32-28(27)35/h7-13,19,30,32,35H,4,6,14-18H2,1-3,5H3. The van der Waals surface area contributed by atoms with Crippen molar-refractivity contribution >= 4 is 33.7 Å². The molecule has 0 saturated carbocycles. The van der Waals surface area contributed by atoms with Gasteiger partial charge in [-0.05, 0) is 61.3 Å². The Labute approximate surface area is 208 Å². The summed E-state index contributed by atoms with van der Waals surface area (Å²) in [7, 11) is 2.19. The first kappa shape index (κ1) is 23.5. The number of aromatic nitrogens is 1. The van der Waals surface area contributed by atoms with Crippen LogP contribution in [-0.2, 0) is 0 Å². The average Bonchev–Trinajstić information content (AvgIpc) is 3.12. The maximum absolute atomic E-state index is 10.8. The number of fused-ring (bicyclic) bond motifs is 1. The molecule has 0 radical (unpaired) electrons. The van der Waals surface area contributed by atoms with E-state index in [0.29, 0.717) is 17.8 Å². The summed E-state index contributed by atoms with van der Waals surface area (Å²) in [6, 6.07) is 14.6. The van der Waals surface area contributed by atoms with Crippen LogP contribution in [0.5, 0.6) is 5.88 Å². The third-order valence-electron chi connectivity index (χ3n) is 7.22. The van der Waals surface area contributed by atoms with E-state index in [2.05, 4.69) is 84.8 Å². The van der Waals surface area contributed by atoms with Gasteiger partial charge in [-0.15, -0.1) is 0 Å². The van der Waals surface area contributed by atoms with Crippen LogP contribution in [0, 0.1) is 11.3 Å². The molecular weight excluding hydrogens is 434 g/mol. The molecule has 0 atom stereocenters. The first-order valence-electron chi connectivity index (χ1n) is 12.7. The Kier molecular flexibility index (Phi) is 6.09. The summed E-state index contributed by atoms with van der Waals surface area (Å²) in [6.07, 6.45) is 0.710. The summed E-state index contributed by atoms with van der Waals surface area (Å²) in [5, 5.41) is 15.2. The topological polar surface area (TPSA) is 66.9 Å². The van der Waals surface area contributed by atoms with Gasteiger partial charge < -0.3 is 25.2 Å². The zero-order valence-corrected chi connectivity index (χ0v) is 21.4. The minimum atomic E-state index is 0.159. The van der Waals surface area contributed by atoms with Gasteiger partial charge in [0.1, 0.15) is 0 Å². The van der Waals surface area contributed by atoms with Gasteiger partial charge in [0.15, 0.2) is 5.88 Å². The molecule has 3 heterocycles. The van der Waals surface area contributed by atoms with Crippen LogP contribution in [0.1, 0.15) is 38.3 Å². The van der Waals surface area contributed by atoms with E-state index in [1.54, 1.807) is 0 Å². The van der Waals surface area contributed by atoms with E-state index in [9.17, 15) is 5.11 Å². The molecule has 2 aromatic carbocycles. The third-order valence-corrected chi connectivity index (χ3v) is 7.22. The van der Waals surface area contributed by atoms with E-state index >= 15 is 0 Å². The molecule has 2 aliphatic rings. The largest absolute Gasteiger partial charge is 0.494 e. The van der Waals surface area contributed by atoms with Gasteiger partial charge in [0.25, 0.3) is 0 Å². The SMILES string of the molecule is C=C(NCC(C)C)c1ccc2[nH]c(O)c(C(CC)=Nc3ccc(N4CC5(CN(C)C5)C4)cc3)c2c1. The Morgan fingerprint density at radius 3 is 2.49 bits per heavy atom. The number of nitrogens with zero attached hydrogens (tertiary/aromatic N) is 3. The Balaban J connectivity index is 1.38. The second-order valence-electron chi connectivity index (χ2n) is 10.8. The molecule has 0 unspecified atom stereocenters. The van der Waals surface area contributed by atoms with Crippen LogP contribution in [0.15, 0.2) is 54.0 Å². The highest BCUT2D eigenvalue weighted by Gasteiger charge is 2.50. The Morgan fingerprint density at radius 2 is 1.86 bits per heavy atom. The Bertz CT molecular complexity index is 1260. The summed E-state index contributed by atoms with van der Waals surface area (Å²) < 4.78 is 0. The molecule has 3 aromatic rings. The molecule has 0 aliphatic carbocycles. The molecule has 1 aromatic heterocycles. The van der Waals surface area contributed by atoms with Crippen molar-refractivity contribution in [1.29, 1.82) is 0 Å². The van der Waals surface area contributed by atoms with Gasteiger partial charge in [0.05, 0.1) is 17.0 Å². The maximum Gasteiger partial charge on any atom is 0.198 e. The number of aromatic hydroxyl groups is 1. The van der Waals surface area contributed by atoms with E-state index in [1.165, 1.54) is 18.8 Å². The minimum absolute atomic E-state index is 0.159. The van der Waals surface area contributed by atoms with Gasteiger partial charge >= 0.3 is 0 Å². The monoisotopic (exact) mass is 471 g/mol. The lowest BCUT2D eigenvalue weighted by Gasteiger charge is -2.60. The normalized spacial score (nSPS) is 17.6. The van der Waals surface area contributed by atoms with Crippen LogP contribution < -0.4 is 10.2 Å². The van der Waals surface area contributed by atoms with Crippen molar-refractivity contribution in [2.75, 3.05) is 44.7 Å². The second kappa shape index (κ2) is 9.08. The molecule has 2 saturated heterocycles. The highest BCUT2D eigenvalue weighted by molar-refractivity contribution is 6.14. The molecule has 1 spiro atoms. The molecular formula is C29H37N5O. The second-order valence-corrected chi connectivity index (χ2v) is 10.8. The molecule has 35 heavy (non-hydrogen) atoms. The number of aromatic amines is 1. The van der Waals surface area contributed by atoms with Crippen molar-refractivity contribution in [2.45, 2.75) is 27.2 Å². The van der Waals surface area contributed by atoms with Crippen LogP contribution in [0.4, 0.5) is 11.4 Å². The van der Waals surface area contributed by atoms with Crippen LogP contribution in [0.2, 0.25) is 0 Å². The lowest BCUT2D eigenvalue weighted by Crippen LogP contribution is -2.71. The van der Waals surface area contributed by atoms with Crippen molar-refractivity contribution in [3.8, 4) is 5.88 Å². The number of likely N-dealkylation sites (tertiary alicyclic amines) is 1. The predicted molar refractivity (Wildman–Crippen MR) is 147 cm³/mol. The summed E-state index contributed by atoms with van der Waals surface area (Å²) in [5.74, 6) is 0.696. The smallest absolute Gasteiger partial charge is 0.198 e. The predicted octanol–water partition coefficient (Wildman–Crippen LogP) is 5.37. The first-order chi connectivity index (χ1) is 16.8. The Morgan fingerprint density at radius 1 is 1.14 bits per heavy atom. The van der Waals surface area contributed by atoms with Crippen LogP contribution in [-0.4, -0.2) is 60.5 Å². The summed E-state index contributed by atoms with van der Waals surface area (Å²) >= 11 is 0. The molecule has 3 N–H and O–H groups in total. The average molecular weight is 472 g/mol. The third kappa shape index (κ3) is 4.55. The Hall–Kier alpha value is -3.25. The number of H-pyrrole nitrogens is 1. The van der Waals surface area contributed by atoms with E-state index < -0.39 is 0 Å². The van der Waals surface area contributed by atoms with Crippen LogP contribution in [0.3, 0.4) is 0 Å². The fourth-order valence-corrected chi connectivity index (χ4v) is 5.54. The van der Waals surface area contributed by atoms with Gasteiger partial charge in [0.2, 0.25) is 0 Å². The van der Waals surface area contributed by atoms with Gasteiger partial charge in [-0.3, -0.25) is 4.99 Å². The molecule has 0 bridgehead atoms. The zero-order chi connectivity index (χ0) is 24.7. The molecule has 5 rings (SSSR count). The number of hydrogen-bond donors (Lipinski definition) is 3. The number of nitrogens with one attached hydrogen (secondary N) is 2. The fourth-order valence-electron chi connectivity index (χ4n) is 5.54. The van der Waals surface area contributed by atoms with E-state index in [0.717, 1.165) is 58.8 Å². The summed E-state index contributed by atoms with van der Waals surface area (Å²) in [6.45, 7) is 16.2. The minimum Gasteiger partial charge on any atom is -0.494 e. The van der Waals surface area contributed by atoms with Gasteiger partial charge in [-0.25, -0.2) is 0 Å². The molecule has 6 nitrogen and oxygen atoms in total. The quantitative estimate of drug-likeness (QED) is 0.386. The molecule has 2 fully saturated rings. The van der Waals surface area contributed by atoms with Gasteiger partial charge in [-0.1, -0.05) is 33.4 Å². The van der Waals surface area contributed by atoms with E-state index in [4.69, 9.17) is 4.99 Å². The molecule has 0 amide bonds. The first-order valence-corrected chi connectivity index (χ1v) is 12.7. The van der Waals surface area contributed by atoms with E-state index in [-0.39, 0.29) is 5.88 Å². The number of rotatable bonds is 8. The summed E-state index contributed by atoms with van der Waals surface area (Å²) in [5.41, 5.74) is 7.10. The number of aliphatic imine (C=N–C) groups is 1. The molecule has 6 heteroatoms. The summed E-state index contributed by atoms with van der Waals surface area (Å²) in [4.78, 5) is 12.9. The lowest BCUT2D eigenvalue weighted by atomic mass is 9.73. The fraction of sp³-hybridized carbons (Fsp3) is 0.414. The van der Waals surface area contributed by atoms with Crippen molar-refractivity contribution in [1.82, 2.24) is 15.2 Å². The van der Waals surface area contributed by atoms with Crippen molar-refractivity contribution in [3.63, 3.8) is 0 Å². The van der Waals surface area contributed by atoms with Crippen LogP contribution in [0.25, 0.3) is 16.6 Å². The lowest BCUT2D eigenvalue weighted by molar-refractivity contribution is -0.00238. The molecule has 2 aliphatic heterocycles. The number of hydrogen-bond acceptors (Lipinski definition) is 5. The van der Waals surface area contributed by atoms with Crippen molar-refractivity contribution in [2.24, 2.45) is 16.3 Å². The molecule has 184 valence electrons. The van der Waals surface area contributed by atoms with Crippen LogP contribution >= 0.6 is 0 Å². The highest BCUT2D eigenvalue weighted by Crippen LogP contribution is 2.41. The van der Waals surface area contributed by atoms with Gasteiger partial charge in [-0.2, -0.15) is 0 Å².